The SMILES string of the molecule is CC1(C)CN(Cc2ccccc2)CCC1NC(=O)c1cnsn1. The number of piperidine rings is 1. The number of likely N-dealkylation sites (tertiary alicyclic amines) is 1. The van der Waals surface area contributed by atoms with Crippen molar-refractivity contribution in [1.82, 2.24) is 19.0 Å². The lowest BCUT2D eigenvalue weighted by molar-refractivity contribution is 0.0614. The molecule has 2 heterocycles. The molecule has 1 atom stereocenters. The van der Waals surface area contributed by atoms with Gasteiger partial charge >= 0.3 is 0 Å². The quantitative estimate of drug-likeness (QED) is 0.936. The minimum absolute atomic E-state index is 0.0200. The summed E-state index contributed by atoms with van der Waals surface area (Å²) in [6, 6.07) is 10.7. The van der Waals surface area contributed by atoms with Crippen LogP contribution in [-0.4, -0.2) is 38.7 Å². The van der Waals surface area contributed by atoms with E-state index in [0.717, 1.165) is 37.8 Å². The first-order chi connectivity index (χ1) is 11.0. The van der Waals surface area contributed by atoms with Crippen LogP contribution in [0.4, 0.5) is 0 Å². The van der Waals surface area contributed by atoms with Gasteiger partial charge in [-0.2, -0.15) is 8.75 Å². The maximum absolute atomic E-state index is 12.2. The minimum atomic E-state index is -0.117. The van der Waals surface area contributed by atoms with Crippen molar-refractivity contribution in [3.63, 3.8) is 0 Å². The standard InChI is InChI=1S/C17H22N4OS/c1-17(2)12-21(11-13-6-4-3-5-7-13)9-8-15(17)19-16(22)14-10-18-23-20-14/h3-7,10,15H,8-9,11-12H2,1-2H3,(H,19,22). The van der Waals surface area contributed by atoms with E-state index in [1.165, 1.54) is 11.8 Å². The zero-order valence-corrected chi connectivity index (χ0v) is 14.3. The summed E-state index contributed by atoms with van der Waals surface area (Å²) in [5, 5.41) is 3.13. The van der Waals surface area contributed by atoms with Gasteiger partial charge in [0.05, 0.1) is 17.9 Å². The normalized spacial score (nSPS) is 21.0. The highest BCUT2D eigenvalue weighted by molar-refractivity contribution is 6.99. The molecule has 1 unspecified atom stereocenters. The van der Waals surface area contributed by atoms with Gasteiger partial charge in [-0.25, -0.2) is 0 Å². The van der Waals surface area contributed by atoms with Gasteiger partial charge in [0.2, 0.25) is 0 Å². The molecule has 0 radical (unpaired) electrons. The first kappa shape index (κ1) is 16.1. The summed E-state index contributed by atoms with van der Waals surface area (Å²) in [5.41, 5.74) is 1.77. The number of carbonyl (C=O) groups excluding carboxylic acids is 1. The van der Waals surface area contributed by atoms with Gasteiger partial charge in [-0.15, -0.1) is 0 Å². The molecule has 1 aromatic carbocycles. The highest BCUT2D eigenvalue weighted by Gasteiger charge is 2.37. The average Bonchev–Trinajstić information content (AvgIpc) is 3.05. The molecule has 1 amide bonds. The molecular weight excluding hydrogens is 308 g/mol. The van der Waals surface area contributed by atoms with E-state index in [1.807, 2.05) is 6.07 Å². The Morgan fingerprint density at radius 3 is 2.83 bits per heavy atom. The minimum Gasteiger partial charge on any atom is -0.347 e. The predicted octanol–water partition coefficient (Wildman–Crippen LogP) is 2.57. The molecule has 1 aliphatic heterocycles. The lowest BCUT2D eigenvalue weighted by Crippen LogP contribution is -2.55. The number of nitrogens with zero attached hydrogens (tertiary/aromatic N) is 3. The number of aromatic nitrogens is 2. The molecule has 0 spiro atoms. The van der Waals surface area contributed by atoms with E-state index in [9.17, 15) is 4.79 Å². The summed E-state index contributed by atoms with van der Waals surface area (Å²) < 4.78 is 7.90. The molecule has 6 heteroatoms. The van der Waals surface area contributed by atoms with E-state index in [1.54, 1.807) is 0 Å². The molecule has 1 aliphatic rings. The van der Waals surface area contributed by atoms with Crippen molar-refractivity contribution in [3.8, 4) is 0 Å². The summed E-state index contributed by atoms with van der Waals surface area (Å²) in [6.07, 6.45) is 2.47. The summed E-state index contributed by atoms with van der Waals surface area (Å²) >= 11 is 1.06. The third kappa shape index (κ3) is 3.95. The second-order valence-corrected chi connectivity index (χ2v) is 7.35. The Kier molecular flexibility index (Phi) is 4.73. The number of benzene rings is 1. The van der Waals surface area contributed by atoms with Crippen LogP contribution < -0.4 is 5.32 Å². The van der Waals surface area contributed by atoms with Crippen LogP contribution in [-0.2, 0) is 6.54 Å². The van der Waals surface area contributed by atoms with Crippen LogP contribution in [0.5, 0.6) is 0 Å². The Balaban J connectivity index is 1.60. The largest absolute Gasteiger partial charge is 0.347 e. The molecule has 23 heavy (non-hydrogen) atoms. The topological polar surface area (TPSA) is 58.1 Å². The average molecular weight is 330 g/mol. The van der Waals surface area contributed by atoms with E-state index in [2.05, 4.69) is 57.1 Å². The molecule has 2 aromatic rings. The molecule has 5 nitrogen and oxygen atoms in total. The Labute approximate surface area is 141 Å². The van der Waals surface area contributed by atoms with Gasteiger partial charge in [0.1, 0.15) is 0 Å². The molecule has 3 rings (SSSR count). The third-order valence-electron chi connectivity index (χ3n) is 4.46. The van der Waals surface area contributed by atoms with E-state index in [0.29, 0.717) is 5.69 Å². The van der Waals surface area contributed by atoms with Crippen LogP contribution in [0.3, 0.4) is 0 Å². The molecule has 122 valence electrons. The second kappa shape index (κ2) is 6.76. The molecular formula is C17H22N4OS. The lowest BCUT2D eigenvalue weighted by Gasteiger charge is -2.44. The van der Waals surface area contributed by atoms with Gasteiger partial charge in [0.25, 0.3) is 5.91 Å². The van der Waals surface area contributed by atoms with E-state index in [4.69, 9.17) is 0 Å². The number of carbonyl (C=O) groups is 1. The Bertz CT molecular complexity index is 642. The van der Waals surface area contributed by atoms with Gasteiger partial charge in [0.15, 0.2) is 5.69 Å². The number of nitrogens with one attached hydrogen (secondary N) is 1. The van der Waals surface area contributed by atoms with Crippen molar-refractivity contribution in [2.45, 2.75) is 32.9 Å². The van der Waals surface area contributed by atoms with Gasteiger partial charge < -0.3 is 5.32 Å². The summed E-state index contributed by atoms with van der Waals surface area (Å²) in [4.78, 5) is 14.7. The highest BCUT2D eigenvalue weighted by Crippen LogP contribution is 2.30. The van der Waals surface area contributed by atoms with Crippen molar-refractivity contribution in [1.29, 1.82) is 0 Å². The van der Waals surface area contributed by atoms with Crippen LogP contribution in [0.1, 0.15) is 36.3 Å². The summed E-state index contributed by atoms with van der Waals surface area (Å²) in [5.74, 6) is -0.117. The summed E-state index contributed by atoms with van der Waals surface area (Å²) in [7, 11) is 0. The number of amides is 1. The molecule has 1 fully saturated rings. The molecule has 1 saturated heterocycles. The zero-order valence-electron chi connectivity index (χ0n) is 13.5. The fourth-order valence-electron chi connectivity index (χ4n) is 3.21. The van der Waals surface area contributed by atoms with Crippen LogP contribution >= 0.6 is 11.7 Å². The smallest absolute Gasteiger partial charge is 0.272 e. The predicted molar refractivity (Wildman–Crippen MR) is 91.3 cm³/mol. The van der Waals surface area contributed by atoms with Gasteiger partial charge in [0, 0.05) is 25.7 Å². The number of hydrogen-bond donors (Lipinski definition) is 1. The maximum atomic E-state index is 12.2. The monoisotopic (exact) mass is 330 g/mol. The Morgan fingerprint density at radius 2 is 2.17 bits per heavy atom. The van der Waals surface area contributed by atoms with Crippen LogP contribution in [0.25, 0.3) is 0 Å². The van der Waals surface area contributed by atoms with Crippen molar-refractivity contribution in [2.24, 2.45) is 5.41 Å². The van der Waals surface area contributed by atoms with Crippen molar-refractivity contribution < 1.29 is 4.79 Å². The zero-order chi connectivity index (χ0) is 16.3. The highest BCUT2D eigenvalue weighted by atomic mass is 32.1. The van der Waals surface area contributed by atoms with E-state index >= 15 is 0 Å². The van der Waals surface area contributed by atoms with Crippen molar-refractivity contribution >= 4 is 17.6 Å². The van der Waals surface area contributed by atoms with Crippen LogP contribution in [0.2, 0.25) is 0 Å². The van der Waals surface area contributed by atoms with Crippen LogP contribution in [0.15, 0.2) is 36.5 Å². The van der Waals surface area contributed by atoms with Gasteiger partial charge in [-0.3, -0.25) is 9.69 Å². The second-order valence-electron chi connectivity index (χ2n) is 6.79. The van der Waals surface area contributed by atoms with E-state index in [-0.39, 0.29) is 17.4 Å². The molecule has 1 N–H and O–H groups in total. The van der Waals surface area contributed by atoms with Crippen molar-refractivity contribution in [2.75, 3.05) is 13.1 Å². The lowest BCUT2D eigenvalue weighted by atomic mass is 9.79. The summed E-state index contributed by atoms with van der Waals surface area (Å²) in [6.45, 7) is 7.34. The van der Waals surface area contributed by atoms with Gasteiger partial charge in [-0.1, -0.05) is 44.2 Å². The third-order valence-corrected chi connectivity index (χ3v) is 4.93. The Morgan fingerprint density at radius 1 is 1.39 bits per heavy atom. The molecule has 0 aliphatic carbocycles. The fourth-order valence-corrected chi connectivity index (χ4v) is 3.62. The fraction of sp³-hybridized carbons (Fsp3) is 0.471. The Hall–Kier alpha value is -1.79. The maximum Gasteiger partial charge on any atom is 0.272 e. The van der Waals surface area contributed by atoms with Gasteiger partial charge in [-0.05, 0) is 17.4 Å². The van der Waals surface area contributed by atoms with E-state index < -0.39 is 0 Å². The number of hydrogen-bond acceptors (Lipinski definition) is 5. The van der Waals surface area contributed by atoms with Crippen molar-refractivity contribution in [3.05, 3.63) is 47.8 Å². The number of rotatable bonds is 4. The van der Waals surface area contributed by atoms with Crippen LogP contribution in [0, 0.1) is 5.41 Å². The molecule has 1 aromatic heterocycles. The first-order valence-corrected chi connectivity index (χ1v) is 8.62. The first-order valence-electron chi connectivity index (χ1n) is 7.89. The molecule has 0 bridgehead atoms. The molecule has 0 saturated carbocycles.